The minimum Gasteiger partial charge on any atom is -0.511 e. The molecule has 1 aromatic carbocycles. The fraction of sp³-hybridized carbons (Fsp3) is 0.524. The first-order chi connectivity index (χ1) is 14.6. The van der Waals surface area contributed by atoms with Crippen LogP contribution in [0.25, 0.3) is 0 Å². The van der Waals surface area contributed by atoms with E-state index >= 15 is 0 Å². The summed E-state index contributed by atoms with van der Waals surface area (Å²) in [6, 6.07) is 7.35. The zero-order chi connectivity index (χ0) is 21.1. The third-order valence-corrected chi connectivity index (χ3v) is 6.14. The molecule has 2 saturated heterocycles. The number of hydrogen-bond donors (Lipinski definition) is 5. The van der Waals surface area contributed by atoms with E-state index in [-0.39, 0.29) is 29.9 Å². The molecule has 3 aliphatic heterocycles. The zero-order valence-corrected chi connectivity index (χ0v) is 16.9. The Balaban J connectivity index is 1.40. The van der Waals surface area contributed by atoms with Crippen LogP contribution in [0, 0.1) is 5.92 Å². The highest BCUT2D eigenvalue weighted by atomic mass is 16.3. The number of benzene rings is 1. The van der Waals surface area contributed by atoms with Crippen molar-refractivity contribution in [3.8, 4) is 0 Å². The minimum atomic E-state index is -0.598. The summed E-state index contributed by atoms with van der Waals surface area (Å²) in [6.45, 7) is 5.75. The minimum absolute atomic E-state index is 0.132. The van der Waals surface area contributed by atoms with E-state index in [1.807, 2.05) is 12.1 Å². The van der Waals surface area contributed by atoms with Gasteiger partial charge in [-0.25, -0.2) is 0 Å². The molecular formula is C21H29N5O4. The van der Waals surface area contributed by atoms with E-state index in [0.29, 0.717) is 18.8 Å². The Morgan fingerprint density at radius 3 is 2.60 bits per heavy atom. The first-order valence-electron chi connectivity index (χ1n) is 10.5. The number of aliphatic hydroxyl groups excluding tert-OH is 2. The van der Waals surface area contributed by atoms with Gasteiger partial charge in [0.1, 0.15) is 11.3 Å². The lowest BCUT2D eigenvalue weighted by Crippen LogP contribution is -2.55. The molecule has 0 radical (unpaired) electrons. The van der Waals surface area contributed by atoms with E-state index in [1.165, 1.54) is 0 Å². The molecule has 3 heterocycles. The number of nitrogens with zero attached hydrogens (tertiary/aromatic N) is 2. The average molecular weight is 415 g/mol. The number of amides is 2. The van der Waals surface area contributed by atoms with Crippen LogP contribution < -0.4 is 20.9 Å². The first kappa shape index (κ1) is 20.6. The number of β-amino-alcohol motifs (C(OH)–C–C–N with tert-alkyl or cyclic N) is 1. The molecule has 4 rings (SSSR count). The second-order valence-electron chi connectivity index (χ2n) is 7.99. The standard InChI is InChI=1S/C21H29N5O4/c27-12-11-25-7-9-26(10-8-25)15-3-1-14(2-4-15)23-20(29)18-19(28)16-13-22-6-5-17(16)24-21(18)30/h1-4,16-17,22,27-28H,5-13H2,(H,23,29)(H,24,30). The highest BCUT2D eigenvalue weighted by Crippen LogP contribution is 2.27. The molecule has 0 bridgehead atoms. The Morgan fingerprint density at radius 1 is 1.17 bits per heavy atom. The van der Waals surface area contributed by atoms with E-state index in [9.17, 15) is 14.7 Å². The summed E-state index contributed by atoms with van der Waals surface area (Å²) in [5.41, 5.74) is 1.42. The van der Waals surface area contributed by atoms with E-state index in [0.717, 1.165) is 44.8 Å². The van der Waals surface area contributed by atoms with Crippen LogP contribution in [0.5, 0.6) is 0 Å². The number of carbonyl (C=O) groups is 2. The Kier molecular flexibility index (Phi) is 6.21. The lowest BCUT2D eigenvalue weighted by atomic mass is 9.85. The summed E-state index contributed by atoms with van der Waals surface area (Å²) < 4.78 is 0. The maximum absolute atomic E-state index is 12.7. The lowest BCUT2D eigenvalue weighted by molar-refractivity contribution is -0.123. The van der Waals surface area contributed by atoms with Crippen LogP contribution in [0.3, 0.4) is 0 Å². The molecule has 0 aromatic heterocycles. The number of fused-ring (bicyclic) bond motifs is 1. The molecule has 9 heteroatoms. The normalized spacial score (nSPS) is 25.0. The van der Waals surface area contributed by atoms with Crippen molar-refractivity contribution in [3.63, 3.8) is 0 Å². The van der Waals surface area contributed by atoms with Crippen molar-refractivity contribution >= 4 is 23.2 Å². The molecule has 162 valence electrons. The maximum Gasteiger partial charge on any atom is 0.264 e. The molecule has 30 heavy (non-hydrogen) atoms. The van der Waals surface area contributed by atoms with Gasteiger partial charge < -0.3 is 31.1 Å². The SMILES string of the molecule is O=C(Nc1ccc(N2CCN(CCO)CC2)cc1)C1=C(O)C2CNCCC2NC1=O. The Hall–Kier alpha value is -2.62. The number of hydrogen-bond acceptors (Lipinski definition) is 7. The van der Waals surface area contributed by atoms with Crippen LogP contribution in [0.15, 0.2) is 35.6 Å². The maximum atomic E-state index is 12.7. The molecule has 2 unspecified atom stereocenters. The number of nitrogens with one attached hydrogen (secondary N) is 3. The van der Waals surface area contributed by atoms with Gasteiger partial charge in [0.15, 0.2) is 0 Å². The predicted molar refractivity (Wildman–Crippen MR) is 113 cm³/mol. The Morgan fingerprint density at radius 2 is 1.90 bits per heavy atom. The molecular weight excluding hydrogens is 386 g/mol. The number of piperazine rings is 1. The Labute approximate surface area is 175 Å². The smallest absolute Gasteiger partial charge is 0.264 e. The van der Waals surface area contributed by atoms with Crippen LogP contribution >= 0.6 is 0 Å². The summed E-state index contributed by atoms with van der Waals surface area (Å²) in [7, 11) is 0. The lowest BCUT2D eigenvalue weighted by Gasteiger charge is -2.36. The number of anilines is 2. The molecule has 3 aliphatic rings. The molecule has 2 amide bonds. The van der Waals surface area contributed by atoms with Crippen molar-refractivity contribution in [1.82, 2.24) is 15.5 Å². The monoisotopic (exact) mass is 415 g/mol. The highest BCUT2D eigenvalue weighted by Gasteiger charge is 2.40. The Bertz CT molecular complexity index is 817. The summed E-state index contributed by atoms with van der Waals surface area (Å²) in [5, 5.41) is 28.4. The van der Waals surface area contributed by atoms with E-state index in [1.54, 1.807) is 12.1 Å². The van der Waals surface area contributed by atoms with Crippen molar-refractivity contribution in [2.24, 2.45) is 5.92 Å². The fourth-order valence-corrected chi connectivity index (χ4v) is 4.40. The highest BCUT2D eigenvalue weighted by molar-refractivity contribution is 6.23. The van der Waals surface area contributed by atoms with Gasteiger partial charge >= 0.3 is 0 Å². The average Bonchev–Trinajstić information content (AvgIpc) is 2.75. The molecule has 5 N–H and O–H groups in total. The van der Waals surface area contributed by atoms with Crippen molar-refractivity contribution in [1.29, 1.82) is 0 Å². The van der Waals surface area contributed by atoms with Gasteiger partial charge in [0.25, 0.3) is 11.8 Å². The van der Waals surface area contributed by atoms with Gasteiger partial charge in [0, 0.05) is 56.7 Å². The van der Waals surface area contributed by atoms with Gasteiger partial charge in [0.05, 0.1) is 12.5 Å². The van der Waals surface area contributed by atoms with Crippen LogP contribution in [-0.2, 0) is 9.59 Å². The molecule has 1 aromatic rings. The number of piperidine rings is 1. The predicted octanol–water partition coefficient (Wildman–Crippen LogP) is -0.341. The molecule has 2 fully saturated rings. The second-order valence-corrected chi connectivity index (χ2v) is 7.99. The van der Waals surface area contributed by atoms with Gasteiger partial charge in [-0.1, -0.05) is 0 Å². The molecule has 0 saturated carbocycles. The number of rotatable bonds is 5. The first-order valence-corrected chi connectivity index (χ1v) is 10.5. The van der Waals surface area contributed by atoms with Gasteiger partial charge in [0.2, 0.25) is 0 Å². The third kappa shape index (κ3) is 4.28. The van der Waals surface area contributed by atoms with Gasteiger partial charge in [-0.2, -0.15) is 0 Å². The third-order valence-electron chi connectivity index (χ3n) is 6.14. The largest absolute Gasteiger partial charge is 0.511 e. The van der Waals surface area contributed by atoms with Crippen LogP contribution in [0.4, 0.5) is 11.4 Å². The van der Waals surface area contributed by atoms with Crippen molar-refractivity contribution in [2.75, 3.05) is 62.6 Å². The van der Waals surface area contributed by atoms with Crippen LogP contribution in [-0.4, -0.2) is 85.4 Å². The fourth-order valence-electron chi connectivity index (χ4n) is 4.40. The molecule has 0 spiro atoms. The molecule has 2 atom stereocenters. The molecule has 0 aliphatic carbocycles. The van der Waals surface area contributed by atoms with Gasteiger partial charge in [-0.15, -0.1) is 0 Å². The van der Waals surface area contributed by atoms with Crippen molar-refractivity contribution < 1.29 is 19.8 Å². The summed E-state index contributed by atoms with van der Waals surface area (Å²) in [5.74, 6) is -1.53. The van der Waals surface area contributed by atoms with Crippen molar-refractivity contribution in [2.45, 2.75) is 12.5 Å². The van der Waals surface area contributed by atoms with Gasteiger partial charge in [-0.3, -0.25) is 14.5 Å². The summed E-state index contributed by atoms with van der Waals surface area (Å²) in [6.07, 6.45) is 0.727. The van der Waals surface area contributed by atoms with Gasteiger partial charge in [-0.05, 0) is 37.2 Å². The van der Waals surface area contributed by atoms with E-state index in [2.05, 4.69) is 25.8 Å². The molecule has 9 nitrogen and oxygen atoms in total. The summed E-state index contributed by atoms with van der Waals surface area (Å²) in [4.78, 5) is 29.6. The number of aliphatic hydroxyl groups is 2. The second kappa shape index (κ2) is 9.03. The van der Waals surface area contributed by atoms with Crippen molar-refractivity contribution in [3.05, 3.63) is 35.6 Å². The van der Waals surface area contributed by atoms with E-state index in [4.69, 9.17) is 5.11 Å². The van der Waals surface area contributed by atoms with Crippen LogP contribution in [0.1, 0.15) is 6.42 Å². The van der Waals surface area contributed by atoms with Crippen LogP contribution in [0.2, 0.25) is 0 Å². The number of carbonyl (C=O) groups excluding carboxylic acids is 2. The van der Waals surface area contributed by atoms with E-state index < -0.39 is 11.8 Å². The quantitative estimate of drug-likeness (QED) is 0.418. The zero-order valence-electron chi connectivity index (χ0n) is 16.9. The topological polar surface area (TPSA) is 117 Å². The summed E-state index contributed by atoms with van der Waals surface area (Å²) >= 11 is 0.